The van der Waals surface area contributed by atoms with Crippen molar-refractivity contribution in [2.45, 2.75) is 27.2 Å². The molecule has 1 fully saturated rings. The van der Waals surface area contributed by atoms with Crippen LogP contribution >= 0.6 is 0 Å². The first-order valence-electron chi connectivity index (χ1n) is 13.2. The van der Waals surface area contributed by atoms with Crippen molar-refractivity contribution >= 4 is 39.2 Å². The molecule has 0 spiro atoms. The highest BCUT2D eigenvalue weighted by atomic mass is 16.1. The number of fused-ring (bicyclic) bond motifs is 2. The molecule has 6 heterocycles. The highest BCUT2D eigenvalue weighted by Crippen LogP contribution is 2.34. The van der Waals surface area contributed by atoms with Gasteiger partial charge in [0.2, 0.25) is 5.91 Å². The van der Waals surface area contributed by atoms with Gasteiger partial charge in [0, 0.05) is 61.3 Å². The van der Waals surface area contributed by atoms with Crippen LogP contribution in [0.2, 0.25) is 0 Å². The Bertz CT molecular complexity index is 1650. The number of aromatic nitrogens is 6. The quantitative estimate of drug-likeness (QED) is 0.306. The fraction of sp³-hybridized carbons (Fsp3) is 0.345. The number of aromatic amines is 2. The molecule has 3 N–H and O–H groups in total. The lowest BCUT2D eigenvalue weighted by Crippen LogP contribution is -2.44. The lowest BCUT2D eigenvalue weighted by molar-refractivity contribution is -0.117. The third-order valence-electron chi connectivity index (χ3n) is 7.04. The van der Waals surface area contributed by atoms with Crippen LogP contribution in [-0.4, -0.2) is 74.2 Å². The van der Waals surface area contributed by atoms with Crippen LogP contribution in [0.1, 0.15) is 27.2 Å². The van der Waals surface area contributed by atoms with Crippen LogP contribution < -0.4 is 10.2 Å². The Morgan fingerprint density at radius 2 is 1.82 bits per heavy atom. The zero-order valence-corrected chi connectivity index (χ0v) is 22.7. The molecule has 0 atom stereocenters. The third-order valence-corrected chi connectivity index (χ3v) is 7.04. The number of rotatable bonds is 5. The molecule has 1 amide bonds. The number of carbonyl (C=O) groups is 1. The third kappa shape index (κ3) is 5.20. The first-order valence-corrected chi connectivity index (χ1v) is 13.2. The summed E-state index contributed by atoms with van der Waals surface area (Å²) in [6.07, 6.45) is 7.48. The molecule has 10 heteroatoms. The minimum Gasteiger partial charge on any atom is -0.353 e. The van der Waals surface area contributed by atoms with Gasteiger partial charge in [-0.3, -0.25) is 19.9 Å². The van der Waals surface area contributed by atoms with E-state index >= 15 is 0 Å². The van der Waals surface area contributed by atoms with Gasteiger partial charge in [0.15, 0.2) is 0 Å². The number of hydrogen-bond acceptors (Lipinski definition) is 7. The summed E-state index contributed by atoms with van der Waals surface area (Å²) in [5.74, 6) is 0.966. The minimum atomic E-state index is -0.0939. The van der Waals surface area contributed by atoms with Gasteiger partial charge in [-0.15, -0.1) is 0 Å². The van der Waals surface area contributed by atoms with E-state index in [2.05, 4.69) is 53.4 Å². The second-order valence-electron chi connectivity index (χ2n) is 11.5. The summed E-state index contributed by atoms with van der Waals surface area (Å²) in [5.41, 5.74) is 5.72. The molecule has 5 aromatic rings. The van der Waals surface area contributed by atoms with Crippen LogP contribution in [0.4, 0.5) is 11.5 Å². The van der Waals surface area contributed by atoms with Crippen LogP contribution in [0, 0.1) is 5.41 Å². The maximum absolute atomic E-state index is 12.5. The summed E-state index contributed by atoms with van der Waals surface area (Å²) in [6, 6.07) is 8.06. The maximum Gasteiger partial charge on any atom is 0.224 e. The largest absolute Gasteiger partial charge is 0.353 e. The molecule has 10 nitrogen and oxygen atoms in total. The lowest BCUT2D eigenvalue weighted by Gasteiger charge is -2.33. The normalized spacial score (nSPS) is 14.8. The monoisotopic (exact) mass is 523 g/mol. The number of anilines is 2. The van der Waals surface area contributed by atoms with Crippen molar-refractivity contribution in [1.29, 1.82) is 0 Å². The lowest BCUT2D eigenvalue weighted by atomic mass is 9.92. The molecular weight excluding hydrogens is 490 g/mol. The number of H-pyrrole nitrogens is 2. The number of carbonyl (C=O) groups excluding carboxylic acids is 1. The molecule has 0 aromatic carbocycles. The van der Waals surface area contributed by atoms with Crippen molar-refractivity contribution in [2.24, 2.45) is 5.41 Å². The Hall–Kier alpha value is -4.31. The van der Waals surface area contributed by atoms with Crippen LogP contribution in [0.25, 0.3) is 44.5 Å². The van der Waals surface area contributed by atoms with Gasteiger partial charge < -0.3 is 20.1 Å². The Morgan fingerprint density at radius 1 is 1.00 bits per heavy atom. The molecule has 5 aromatic heterocycles. The average molecular weight is 524 g/mol. The van der Waals surface area contributed by atoms with E-state index < -0.39 is 0 Å². The first kappa shape index (κ1) is 25.0. The van der Waals surface area contributed by atoms with Crippen molar-refractivity contribution in [2.75, 3.05) is 43.4 Å². The van der Waals surface area contributed by atoms with Crippen LogP contribution in [0.5, 0.6) is 0 Å². The summed E-state index contributed by atoms with van der Waals surface area (Å²) in [5, 5.41) is 12.7. The van der Waals surface area contributed by atoms with E-state index in [-0.39, 0.29) is 11.3 Å². The molecule has 39 heavy (non-hydrogen) atoms. The predicted octanol–water partition coefficient (Wildman–Crippen LogP) is 4.69. The van der Waals surface area contributed by atoms with Gasteiger partial charge in [0.25, 0.3) is 0 Å². The van der Waals surface area contributed by atoms with Gasteiger partial charge in [-0.2, -0.15) is 5.10 Å². The van der Waals surface area contributed by atoms with Gasteiger partial charge >= 0.3 is 0 Å². The number of likely N-dealkylation sites (N-methyl/N-ethyl adjacent to an activating group) is 1. The zero-order valence-electron chi connectivity index (χ0n) is 22.7. The SMILES string of the molecule is CN1CCN(c2nccc3[nH]c(-c4n[nH]c5cnc(-c6cncc(NC(=O)CC(C)(C)C)c6)cc45)cc23)CC1. The zero-order chi connectivity index (χ0) is 27.1. The van der Waals surface area contributed by atoms with E-state index in [0.29, 0.717) is 12.1 Å². The molecule has 0 radical (unpaired) electrons. The Balaban J connectivity index is 1.32. The van der Waals surface area contributed by atoms with Crippen LogP contribution in [0.3, 0.4) is 0 Å². The number of amides is 1. The fourth-order valence-corrected chi connectivity index (χ4v) is 5.05. The molecule has 1 aliphatic rings. The van der Waals surface area contributed by atoms with Crippen LogP contribution in [-0.2, 0) is 4.79 Å². The molecule has 0 unspecified atom stereocenters. The minimum absolute atomic E-state index is 0.0359. The molecule has 0 bridgehead atoms. The molecule has 0 saturated carbocycles. The number of piperazine rings is 1. The maximum atomic E-state index is 12.5. The number of nitrogens with zero attached hydrogens (tertiary/aromatic N) is 6. The van der Waals surface area contributed by atoms with Crippen molar-refractivity contribution < 1.29 is 4.79 Å². The van der Waals surface area contributed by atoms with Crippen molar-refractivity contribution in [1.82, 2.24) is 35.0 Å². The van der Waals surface area contributed by atoms with Gasteiger partial charge in [-0.25, -0.2) is 4.98 Å². The standard InChI is InChI=1S/C29H33N9O/c1-29(2,3)14-26(39)33-19-11-18(15-30-16-19)23-12-20-25(17-32-23)35-36-27(20)24-13-21-22(34-24)5-6-31-28(21)38-9-7-37(4)8-10-38/h5-6,11-13,15-17,34H,7-10,14H2,1-4H3,(H,33,39)(H,35,36). The Kier molecular flexibility index (Phi) is 6.26. The Labute approximate surface area is 226 Å². The molecule has 1 aliphatic heterocycles. The molecule has 0 aliphatic carbocycles. The van der Waals surface area contributed by atoms with Crippen molar-refractivity contribution in [3.63, 3.8) is 0 Å². The van der Waals surface area contributed by atoms with Crippen molar-refractivity contribution in [3.05, 3.63) is 49.1 Å². The van der Waals surface area contributed by atoms with E-state index in [0.717, 1.165) is 76.4 Å². The number of pyridine rings is 3. The average Bonchev–Trinajstić information content (AvgIpc) is 3.52. The van der Waals surface area contributed by atoms with E-state index in [1.165, 1.54) is 0 Å². The van der Waals surface area contributed by atoms with E-state index in [1.54, 1.807) is 18.6 Å². The summed E-state index contributed by atoms with van der Waals surface area (Å²) < 4.78 is 0. The highest BCUT2D eigenvalue weighted by Gasteiger charge is 2.20. The summed E-state index contributed by atoms with van der Waals surface area (Å²) in [6.45, 7) is 10.1. The molecule has 200 valence electrons. The van der Waals surface area contributed by atoms with Gasteiger partial charge in [0.1, 0.15) is 11.5 Å². The Morgan fingerprint density at radius 3 is 2.62 bits per heavy atom. The van der Waals surface area contributed by atoms with E-state index in [9.17, 15) is 4.79 Å². The van der Waals surface area contributed by atoms with E-state index in [4.69, 9.17) is 4.98 Å². The van der Waals surface area contributed by atoms with Crippen molar-refractivity contribution in [3.8, 4) is 22.6 Å². The van der Waals surface area contributed by atoms with Crippen LogP contribution in [0.15, 0.2) is 49.1 Å². The van der Waals surface area contributed by atoms with Gasteiger partial charge in [0.05, 0.1) is 40.5 Å². The van der Waals surface area contributed by atoms with E-state index in [1.807, 2.05) is 45.2 Å². The predicted molar refractivity (Wildman–Crippen MR) is 155 cm³/mol. The number of hydrogen-bond donors (Lipinski definition) is 3. The molecule has 1 saturated heterocycles. The first-order chi connectivity index (χ1) is 18.7. The van der Waals surface area contributed by atoms with Gasteiger partial charge in [-0.1, -0.05) is 20.8 Å². The summed E-state index contributed by atoms with van der Waals surface area (Å²) in [4.78, 5) is 34.4. The highest BCUT2D eigenvalue weighted by molar-refractivity contribution is 5.99. The smallest absolute Gasteiger partial charge is 0.224 e. The fourth-order valence-electron chi connectivity index (χ4n) is 5.05. The second kappa shape index (κ2) is 9.77. The topological polar surface area (TPSA) is 119 Å². The molecular formula is C29H33N9O. The summed E-state index contributed by atoms with van der Waals surface area (Å²) in [7, 11) is 2.15. The second-order valence-corrected chi connectivity index (χ2v) is 11.5. The van der Waals surface area contributed by atoms with Gasteiger partial charge in [-0.05, 0) is 36.7 Å². The summed E-state index contributed by atoms with van der Waals surface area (Å²) >= 11 is 0. The number of nitrogens with one attached hydrogen (secondary N) is 3. The molecule has 6 rings (SSSR count).